The molecule has 4 heteroatoms. The molecule has 2 rings (SSSR count). The van der Waals surface area contributed by atoms with Gasteiger partial charge in [-0.3, -0.25) is 4.90 Å². The number of morpholine rings is 1. The molecule has 0 spiro atoms. The van der Waals surface area contributed by atoms with E-state index in [2.05, 4.69) is 11.8 Å². The third-order valence-electron chi connectivity index (χ3n) is 3.69. The van der Waals surface area contributed by atoms with Crippen LogP contribution < -0.4 is 0 Å². The molecule has 0 bridgehead atoms. The highest BCUT2D eigenvalue weighted by atomic mass is 16.5. The molecule has 0 amide bonds. The van der Waals surface area contributed by atoms with Crippen LogP contribution in [0.3, 0.4) is 0 Å². The molecular formula is C15H29NO3. The zero-order valence-corrected chi connectivity index (χ0v) is 12.8. The minimum atomic E-state index is -0.413. The van der Waals surface area contributed by atoms with Crippen LogP contribution in [-0.2, 0) is 9.47 Å². The van der Waals surface area contributed by atoms with Gasteiger partial charge in [0.1, 0.15) is 0 Å². The minimum absolute atomic E-state index is 0.185. The summed E-state index contributed by atoms with van der Waals surface area (Å²) in [6, 6.07) is 0. The lowest BCUT2D eigenvalue weighted by atomic mass is 10.1. The first-order valence-electron chi connectivity index (χ1n) is 7.53. The molecule has 1 heterocycles. The highest BCUT2D eigenvalue weighted by molar-refractivity contribution is 4.88. The van der Waals surface area contributed by atoms with Gasteiger partial charge in [-0.25, -0.2) is 0 Å². The first-order chi connectivity index (χ1) is 8.83. The number of ether oxygens (including phenoxy) is 2. The Bertz CT molecular complexity index is 286. The Morgan fingerprint density at radius 3 is 2.58 bits per heavy atom. The molecule has 1 saturated heterocycles. The number of hydrogen-bond donors (Lipinski definition) is 1. The first-order valence-corrected chi connectivity index (χ1v) is 7.53. The van der Waals surface area contributed by atoms with Crippen LogP contribution in [0.1, 0.15) is 40.5 Å². The second-order valence-corrected chi connectivity index (χ2v) is 7.12. The zero-order valence-electron chi connectivity index (χ0n) is 12.8. The van der Waals surface area contributed by atoms with E-state index < -0.39 is 6.10 Å². The Labute approximate surface area is 117 Å². The Balaban J connectivity index is 1.74. The summed E-state index contributed by atoms with van der Waals surface area (Å²) in [5.41, 5.74) is -0.185. The van der Waals surface area contributed by atoms with E-state index in [-0.39, 0.29) is 11.7 Å². The number of β-amino-alcohol motifs (C(OH)–C–C–N with tert-alkyl or cyclic N) is 1. The van der Waals surface area contributed by atoms with Gasteiger partial charge in [-0.15, -0.1) is 0 Å². The lowest BCUT2D eigenvalue weighted by Crippen LogP contribution is -2.50. The lowest BCUT2D eigenvalue weighted by Gasteiger charge is -2.38. The van der Waals surface area contributed by atoms with Gasteiger partial charge in [-0.1, -0.05) is 0 Å². The van der Waals surface area contributed by atoms with E-state index in [1.807, 2.05) is 20.8 Å². The van der Waals surface area contributed by atoms with Crippen molar-refractivity contribution < 1.29 is 14.6 Å². The van der Waals surface area contributed by atoms with Crippen molar-refractivity contribution in [3.63, 3.8) is 0 Å². The topological polar surface area (TPSA) is 41.9 Å². The summed E-state index contributed by atoms with van der Waals surface area (Å²) in [6.45, 7) is 11.1. The Kier molecular flexibility index (Phi) is 4.88. The molecule has 0 aromatic carbocycles. The standard InChI is InChI=1S/C15H29NO3/c1-11-7-16(9-14(19-11)12-5-6-12)8-13(17)10-18-15(2,3)4/h11-14,17H,5-10H2,1-4H3. The number of aliphatic hydroxyl groups is 1. The molecule has 0 aromatic heterocycles. The van der Waals surface area contributed by atoms with Crippen molar-refractivity contribution in [3.05, 3.63) is 0 Å². The molecule has 1 saturated carbocycles. The number of rotatable bonds is 5. The van der Waals surface area contributed by atoms with Crippen LogP contribution in [0.4, 0.5) is 0 Å². The molecular weight excluding hydrogens is 242 g/mol. The minimum Gasteiger partial charge on any atom is -0.389 e. The molecule has 4 nitrogen and oxygen atoms in total. The lowest BCUT2D eigenvalue weighted by molar-refractivity contribution is -0.104. The SMILES string of the molecule is CC1CN(CC(O)COC(C)(C)C)CC(C2CC2)O1. The van der Waals surface area contributed by atoms with E-state index in [1.165, 1.54) is 12.8 Å². The zero-order chi connectivity index (χ0) is 14.0. The van der Waals surface area contributed by atoms with Crippen molar-refractivity contribution in [1.82, 2.24) is 4.90 Å². The predicted molar refractivity (Wildman–Crippen MR) is 75.2 cm³/mol. The van der Waals surface area contributed by atoms with Crippen LogP contribution in [0.2, 0.25) is 0 Å². The molecule has 2 aliphatic rings. The maximum atomic E-state index is 10.1. The molecule has 112 valence electrons. The van der Waals surface area contributed by atoms with E-state index in [0.717, 1.165) is 19.0 Å². The quantitative estimate of drug-likeness (QED) is 0.826. The number of aliphatic hydroxyl groups excluding tert-OH is 1. The third-order valence-corrected chi connectivity index (χ3v) is 3.69. The van der Waals surface area contributed by atoms with Crippen LogP contribution >= 0.6 is 0 Å². The maximum absolute atomic E-state index is 10.1. The van der Waals surface area contributed by atoms with Gasteiger partial charge in [-0.2, -0.15) is 0 Å². The van der Waals surface area contributed by atoms with Crippen LogP contribution in [0.25, 0.3) is 0 Å². The van der Waals surface area contributed by atoms with E-state index in [1.54, 1.807) is 0 Å². The summed E-state index contributed by atoms with van der Waals surface area (Å²) < 4.78 is 11.6. The van der Waals surface area contributed by atoms with E-state index in [9.17, 15) is 5.11 Å². The van der Waals surface area contributed by atoms with Crippen LogP contribution in [-0.4, -0.2) is 60.2 Å². The van der Waals surface area contributed by atoms with E-state index in [4.69, 9.17) is 9.47 Å². The Morgan fingerprint density at radius 2 is 2.00 bits per heavy atom. The third kappa shape index (κ3) is 5.38. The van der Waals surface area contributed by atoms with Crippen molar-refractivity contribution in [2.24, 2.45) is 5.92 Å². The normalized spacial score (nSPS) is 31.4. The summed E-state index contributed by atoms with van der Waals surface area (Å²) in [7, 11) is 0. The van der Waals surface area contributed by atoms with Gasteiger partial charge in [-0.05, 0) is 46.5 Å². The fourth-order valence-electron chi connectivity index (χ4n) is 2.65. The molecule has 19 heavy (non-hydrogen) atoms. The molecule has 2 fully saturated rings. The largest absolute Gasteiger partial charge is 0.389 e. The highest BCUT2D eigenvalue weighted by Crippen LogP contribution is 2.36. The molecule has 1 aliphatic heterocycles. The Morgan fingerprint density at radius 1 is 1.32 bits per heavy atom. The monoisotopic (exact) mass is 271 g/mol. The predicted octanol–water partition coefficient (Wildman–Crippen LogP) is 1.66. The second-order valence-electron chi connectivity index (χ2n) is 7.12. The van der Waals surface area contributed by atoms with E-state index >= 15 is 0 Å². The number of nitrogens with zero attached hydrogens (tertiary/aromatic N) is 1. The van der Waals surface area contributed by atoms with Crippen molar-refractivity contribution in [2.45, 2.75) is 64.4 Å². The van der Waals surface area contributed by atoms with E-state index in [0.29, 0.717) is 19.3 Å². The summed E-state index contributed by atoms with van der Waals surface area (Å²) in [4.78, 5) is 2.33. The average molecular weight is 271 g/mol. The summed E-state index contributed by atoms with van der Waals surface area (Å²) in [6.07, 6.45) is 2.85. The number of hydrogen-bond acceptors (Lipinski definition) is 4. The fraction of sp³-hybridized carbons (Fsp3) is 1.00. The molecule has 1 aliphatic carbocycles. The van der Waals surface area contributed by atoms with Gasteiger partial charge in [0.2, 0.25) is 0 Å². The van der Waals surface area contributed by atoms with Crippen molar-refractivity contribution in [1.29, 1.82) is 0 Å². The maximum Gasteiger partial charge on any atom is 0.0900 e. The van der Waals surface area contributed by atoms with Crippen molar-refractivity contribution >= 4 is 0 Å². The van der Waals surface area contributed by atoms with Gasteiger partial charge in [0.25, 0.3) is 0 Å². The van der Waals surface area contributed by atoms with Gasteiger partial charge in [0.15, 0.2) is 0 Å². The average Bonchev–Trinajstić information content (AvgIpc) is 3.08. The molecule has 3 unspecified atom stereocenters. The van der Waals surface area contributed by atoms with Gasteiger partial charge in [0, 0.05) is 19.6 Å². The van der Waals surface area contributed by atoms with Gasteiger partial charge >= 0.3 is 0 Å². The van der Waals surface area contributed by atoms with Crippen LogP contribution in [0, 0.1) is 5.92 Å². The summed E-state index contributed by atoms with van der Waals surface area (Å²) >= 11 is 0. The smallest absolute Gasteiger partial charge is 0.0900 e. The van der Waals surface area contributed by atoms with Gasteiger partial charge in [0.05, 0.1) is 30.5 Å². The first kappa shape index (κ1) is 15.2. The fourth-order valence-corrected chi connectivity index (χ4v) is 2.65. The molecule has 1 N–H and O–H groups in total. The second kappa shape index (κ2) is 6.08. The Hall–Kier alpha value is -0.160. The molecule has 3 atom stereocenters. The van der Waals surface area contributed by atoms with Crippen LogP contribution in [0.5, 0.6) is 0 Å². The highest BCUT2D eigenvalue weighted by Gasteiger charge is 2.37. The van der Waals surface area contributed by atoms with Crippen LogP contribution in [0.15, 0.2) is 0 Å². The molecule has 0 radical (unpaired) electrons. The molecule has 0 aromatic rings. The van der Waals surface area contributed by atoms with Gasteiger partial charge < -0.3 is 14.6 Å². The summed E-state index contributed by atoms with van der Waals surface area (Å²) in [5.74, 6) is 0.758. The summed E-state index contributed by atoms with van der Waals surface area (Å²) in [5, 5.41) is 10.1. The van der Waals surface area contributed by atoms with Crippen molar-refractivity contribution in [2.75, 3.05) is 26.2 Å². The van der Waals surface area contributed by atoms with Crippen molar-refractivity contribution in [3.8, 4) is 0 Å².